The van der Waals surface area contributed by atoms with E-state index >= 15 is 0 Å². The Hall–Kier alpha value is -4.39. The molecule has 0 aliphatic heterocycles. The molecule has 0 saturated heterocycles. The summed E-state index contributed by atoms with van der Waals surface area (Å²) >= 11 is 0. The standard InChI is InChI=1S/C24H23FN6O3/c25-16-6-8-17(9-7-16)28-23-20(22(27)32)14-30(29-23)21-11-10-19(12-15(21)13-26)31(24(33)34)18-4-2-1-3-5-18/h6-12,14,18H,1-5H2,(H2,27,32)(H,28,29)(H,33,34). The van der Waals surface area contributed by atoms with Crippen molar-refractivity contribution < 1.29 is 19.1 Å². The molecule has 1 aliphatic rings. The van der Waals surface area contributed by atoms with Gasteiger partial charge in [-0.1, -0.05) is 19.3 Å². The van der Waals surface area contributed by atoms with Crippen molar-refractivity contribution in [3.63, 3.8) is 0 Å². The topological polar surface area (TPSA) is 137 Å². The highest BCUT2D eigenvalue weighted by Gasteiger charge is 2.27. The Bertz CT molecular complexity index is 1260. The molecule has 9 nitrogen and oxygen atoms in total. The molecule has 10 heteroatoms. The van der Waals surface area contributed by atoms with E-state index in [2.05, 4.69) is 16.5 Å². The van der Waals surface area contributed by atoms with Crippen LogP contribution in [-0.4, -0.2) is 32.9 Å². The minimum absolute atomic E-state index is 0.0756. The van der Waals surface area contributed by atoms with Gasteiger partial charge in [0.15, 0.2) is 5.82 Å². The summed E-state index contributed by atoms with van der Waals surface area (Å²) in [4.78, 5) is 25.3. The highest BCUT2D eigenvalue weighted by molar-refractivity contribution is 5.98. The molecule has 2 aromatic carbocycles. The van der Waals surface area contributed by atoms with Crippen LogP contribution < -0.4 is 16.0 Å². The number of amides is 2. The Morgan fingerprint density at radius 3 is 2.50 bits per heavy atom. The molecule has 4 rings (SSSR count). The summed E-state index contributed by atoms with van der Waals surface area (Å²) in [6.45, 7) is 0. The fraction of sp³-hybridized carbons (Fsp3) is 0.250. The van der Waals surface area contributed by atoms with Gasteiger partial charge in [-0.15, -0.1) is 5.10 Å². The third kappa shape index (κ3) is 4.68. The number of nitrogens with two attached hydrogens (primary N) is 1. The number of benzene rings is 2. The van der Waals surface area contributed by atoms with Crippen LogP contribution in [0.4, 0.5) is 26.4 Å². The highest BCUT2D eigenvalue weighted by atomic mass is 19.1. The van der Waals surface area contributed by atoms with Crippen molar-refractivity contribution in [3.8, 4) is 11.8 Å². The van der Waals surface area contributed by atoms with Gasteiger partial charge in [0.05, 0.1) is 11.3 Å². The van der Waals surface area contributed by atoms with Crippen LogP contribution in [0.3, 0.4) is 0 Å². The van der Waals surface area contributed by atoms with Crippen molar-refractivity contribution >= 4 is 29.2 Å². The molecule has 1 saturated carbocycles. The molecule has 0 spiro atoms. The molecule has 0 bridgehead atoms. The molecule has 1 aromatic heterocycles. The second-order valence-corrected chi connectivity index (χ2v) is 8.09. The number of nitrogens with one attached hydrogen (secondary N) is 1. The number of nitriles is 1. The zero-order valence-corrected chi connectivity index (χ0v) is 18.2. The smallest absolute Gasteiger partial charge is 0.412 e. The number of rotatable bonds is 6. The van der Waals surface area contributed by atoms with Gasteiger partial charge in [0, 0.05) is 23.6 Å². The number of halogens is 1. The minimum Gasteiger partial charge on any atom is -0.465 e. The van der Waals surface area contributed by atoms with E-state index in [0.29, 0.717) is 17.1 Å². The van der Waals surface area contributed by atoms with E-state index in [-0.39, 0.29) is 23.0 Å². The van der Waals surface area contributed by atoms with Crippen molar-refractivity contribution in [2.75, 3.05) is 10.2 Å². The first-order valence-corrected chi connectivity index (χ1v) is 10.9. The molecular weight excluding hydrogens is 439 g/mol. The molecule has 3 aromatic rings. The quantitative estimate of drug-likeness (QED) is 0.492. The van der Waals surface area contributed by atoms with E-state index in [0.717, 1.165) is 32.1 Å². The summed E-state index contributed by atoms with van der Waals surface area (Å²) in [5.41, 5.74) is 7.03. The summed E-state index contributed by atoms with van der Waals surface area (Å²) in [6.07, 6.45) is 4.88. The second kappa shape index (κ2) is 9.62. The third-order valence-electron chi connectivity index (χ3n) is 5.86. The third-order valence-corrected chi connectivity index (χ3v) is 5.86. The van der Waals surface area contributed by atoms with E-state index in [1.54, 1.807) is 12.1 Å². The maximum atomic E-state index is 13.2. The van der Waals surface area contributed by atoms with Crippen LogP contribution in [0.15, 0.2) is 48.7 Å². The van der Waals surface area contributed by atoms with Crippen molar-refractivity contribution in [1.29, 1.82) is 5.26 Å². The number of anilines is 3. The van der Waals surface area contributed by atoms with Gasteiger partial charge in [0.2, 0.25) is 0 Å². The summed E-state index contributed by atoms with van der Waals surface area (Å²) in [5.74, 6) is -1.00. The van der Waals surface area contributed by atoms with Crippen LogP contribution in [0.1, 0.15) is 48.0 Å². The van der Waals surface area contributed by atoms with Gasteiger partial charge in [-0.25, -0.2) is 13.9 Å². The molecule has 2 amide bonds. The van der Waals surface area contributed by atoms with Crippen molar-refractivity contribution in [2.24, 2.45) is 5.73 Å². The Morgan fingerprint density at radius 1 is 1.18 bits per heavy atom. The van der Waals surface area contributed by atoms with Gasteiger partial charge >= 0.3 is 6.09 Å². The number of carbonyl (C=O) groups excluding carboxylic acids is 1. The first kappa shape index (κ1) is 22.8. The zero-order chi connectivity index (χ0) is 24.2. The number of carboxylic acid groups (broad SMARTS) is 1. The lowest BCUT2D eigenvalue weighted by Gasteiger charge is -2.32. The number of hydrogen-bond acceptors (Lipinski definition) is 5. The van der Waals surface area contributed by atoms with Crippen LogP contribution in [0.25, 0.3) is 5.69 Å². The number of primary amides is 1. The lowest BCUT2D eigenvalue weighted by molar-refractivity contribution is 0.100. The Kier molecular flexibility index (Phi) is 6.45. The summed E-state index contributed by atoms with van der Waals surface area (Å²) in [6, 6.07) is 12.2. The molecule has 0 unspecified atom stereocenters. The maximum absolute atomic E-state index is 13.2. The Morgan fingerprint density at radius 2 is 1.88 bits per heavy atom. The summed E-state index contributed by atoms with van der Waals surface area (Å²) in [7, 11) is 0. The number of hydrogen-bond donors (Lipinski definition) is 3. The van der Waals surface area contributed by atoms with Crippen LogP contribution >= 0.6 is 0 Å². The first-order chi connectivity index (χ1) is 16.4. The Labute approximate surface area is 195 Å². The van der Waals surface area contributed by atoms with Gasteiger partial charge < -0.3 is 16.2 Å². The first-order valence-electron chi connectivity index (χ1n) is 10.9. The van der Waals surface area contributed by atoms with Crippen LogP contribution in [0, 0.1) is 17.1 Å². The van der Waals surface area contributed by atoms with Crippen LogP contribution in [0.2, 0.25) is 0 Å². The number of aromatic nitrogens is 2. The fourth-order valence-electron chi connectivity index (χ4n) is 4.22. The van der Waals surface area contributed by atoms with E-state index in [1.807, 2.05) is 0 Å². The van der Waals surface area contributed by atoms with E-state index in [1.165, 1.54) is 46.1 Å². The fourth-order valence-corrected chi connectivity index (χ4v) is 4.22. The molecule has 1 aliphatic carbocycles. The highest BCUT2D eigenvalue weighted by Crippen LogP contribution is 2.30. The van der Waals surface area contributed by atoms with Crippen LogP contribution in [0.5, 0.6) is 0 Å². The SMILES string of the molecule is N#Cc1cc(N(C(=O)O)C2CCCCC2)ccc1-n1cc(C(N)=O)c(Nc2ccc(F)cc2)n1. The van der Waals surface area contributed by atoms with Gasteiger partial charge in [-0.05, 0) is 55.3 Å². The molecule has 174 valence electrons. The van der Waals surface area contributed by atoms with Crippen molar-refractivity contribution in [2.45, 2.75) is 38.1 Å². The summed E-state index contributed by atoms with van der Waals surface area (Å²) < 4.78 is 14.5. The average molecular weight is 462 g/mol. The normalized spacial score (nSPS) is 13.8. The molecule has 1 fully saturated rings. The molecule has 0 atom stereocenters. The molecule has 1 heterocycles. The molecule has 34 heavy (non-hydrogen) atoms. The van der Waals surface area contributed by atoms with E-state index < -0.39 is 17.8 Å². The number of nitrogens with zero attached hydrogens (tertiary/aromatic N) is 4. The molecular formula is C24H23FN6O3. The minimum atomic E-state index is -1.07. The molecule has 0 radical (unpaired) electrons. The van der Waals surface area contributed by atoms with Crippen LogP contribution in [-0.2, 0) is 0 Å². The van der Waals surface area contributed by atoms with Gasteiger partial charge in [0.1, 0.15) is 17.4 Å². The molecule has 4 N–H and O–H groups in total. The lowest BCUT2D eigenvalue weighted by atomic mass is 9.94. The number of carbonyl (C=O) groups is 2. The zero-order valence-electron chi connectivity index (χ0n) is 18.2. The summed E-state index contributed by atoms with van der Waals surface area (Å²) in [5, 5.41) is 26.9. The van der Waals surface area contributed by atoms with Crippen molar-refractivity contribution in [3.05, 3.63) is 65.6 Å². The van der Waals surface area contributed by atoms with Gasteiger partial charge in [-0.2, -0.15) is 5.26 Å². The Balaban J connectivity index is 1.70. The van der Waals surface area contributed by atoms with Gasteiger partial charge in [-0.3, -0.25) is 9.69 Å². The monoisotopic (exact) mass is 462 g/mol. The van der Waals surface area contributed by atoms with E-state index in [9.17, 15) is 24.3 Å². The maximum Gasteiger partial charge on any atom is 0.412 e. The largest absolute Gasteiger partial charge is 0.465 e. The predicted octanol–water partition coefficient (Wildman–Crippen LogP) is 4.54. The van der Waals surface area contributed by atoms with E-state index in [4.69, 9.17) is 5.73 Å². The second-order valence-electron chi connectivity index (χ2n) is 8.09. The average Bonchev–Trinajstić information content (AvgIpc) is 3.25. The lowest BCUT2D eigenvalue weighted by Crippen LogP contribution is -2.40. The predicted molar refractivity (Wildman–Crippen MR) is 124 cm³/mol. The van der Waals surface area contributed by atoms with Crippen molar-refractivity contribution in [1.82, 2.24) is 9.78 Å². The van der Waals surface area contributed by atoms with Gasteiger partial charge in [0.25, 0.3) is 5.91 Å².